The zero-order valence-electron chi connectivity index (χ0n) is 13.0. The summed E-state index contributed by atoms with van der Waals surface area (Å²) in [6.07, 6.45) is 5.11. The van der Waals surface area contributed by atoms with Gasteiger partial charge in [-0.2, -0.15) is 0 Å². The predicted octanol–water partition coefficient (Wildman–Crippen LogP) is 3.18. The molecule has 22 heavy (non-hydrogen) atoms. The van der Waals surface area contributed by atoms with Gasteiger partial charge in [-0.3, -0.25) is 4.79 Å². The van der Waals surface area contributed by atoms with Crippen LogP contribution < -0.4 is 10.6 Å². The summed E-state index contributed by atoms with van der Waals surface area (Å²) >= 11 is 0. The van der Waals surface area contributed by atoms with Gasteiger partial charge in [0.2, 0.25) is 0 Å². The molecule has 0 bridgehead atoms. The van der Waals surface area contributed by atoms with Gasteiger partial charge in [0.05, 0.1) is 12.4 Å². The third-order valence-corrected chi connectivity index (χ3v) is 3.36. The van der Waals surface area contributed by atoms with Crippen LogP contribution in [0.5, 0.6) is 0 Å². The number of nitrogens with one attached hydrogen (secondary N) is 2. The molecule has 0 aliphatic carbocycles. The van der Waals surface area contributed by atoms with Gasteiger partial charge in [0.15, 0.2) is 0 Å². The van der Waals surface area contributed by atoms with E-state index in [9.17, 15) is 4.79 Å². The topological polar surface area (TPSA) is 66.9 Å². The number of anilines is 1. The second-order valence-corrected chi connectivity index (χ2v) is 5.17. The number of nitrogens with zero attached hydrogens (tertiary/aromatic N) is 2. The molecule has 2 rings (SSSR count). The zero-order chi connectivity index (χ0) is 15.8. The van der Waals surface area contributed by atoms with Gasteiger partial charge < -0.3 is 10.6 Å². The lowest BCUT2D eigenvalue weighted by molar-refractivity contribution is 0.0948. The Morgan fingerprint density at radius 1 is 1.18 bits per heavy atom. The van der Waals surface area contributed by atoms with Crippen molar-refractivity contribution in [3.63, 3.8) is 0 Å². The van der Waals surface area contributed by atoms with Gasteiger partial charge in [-0.1, -0.05) is 43.7 Å². The molecule has 1 aromatic carbocycles. The Balaban J connectivity index is 1.93. The maximum Gasteiger partial charge on any atom is 0.271 e. The smallest absolute Gasteiger partial charge is 0.271 e. The van der Waals surface area contributed by atoms with E-state index in [-0.39, 0.29) is 11.9 Å². The number of carbonyl (C=O) groups is 1. The lowest BCUT2D eigenvalue weighted by Crippen LogP contribution is -2.25. The highest BCUT2D eigenvalue weighted by atomic mass is 16.1. The first-order chi connectivity index (χ1) is 10.7. The van der Waals surface area contributed by atoms with Crippen molar-refractivity contribution in [3.05, 3.63) is 54.0 Å². The van der Waals surface area contributed by atoms with E-state index in [4.69, 9.17) is 0 Å². The molecule has 0 aliphatic heterocycles. The molecule has 0 spiro atoms. The molecule has 0 aliphatic rings. The van der Waals surface area contributed by atoms with Crippen molar-refractivity contribution in [2.24, 2.45) is 0 Å². The van der Waals surface area contributed by atoms with E-state index >= 15 is 0 Å². The van der Waals surface area contributed by atoms with Crippen LogP contribution in [-0.2, 0) is 0 Å². The minimum Gasteiger partial charge on any atom is -0.362 e. The Hall–Kier alpha value is -2.43. The molecule has 0 saturated heterocycles. The van der Waals surface area contributed by atoms with Crippen LogP contribution in [0.4, 0.5) is 5.82 Å². The van der Waals surface area contributed by atoms with E-state index in [0.29, 0.717) is 18.1 Å². The standard InChI is InChI=1S/C17H22N4O/c1-3-4-10-18-17(22)15-11-20-16(12-19-15)21-13(2)14-8-6-5-7-9-14/h5-9,11-13H,3-4,10H2,1-2H3,(H,18,22)(H,20,21). The highest BCUT2D eigenvalue weighted by molar-refractivity contribution is 5.91. The molecule has 0 radical (unpaired) electrons. The van der Waals surface area contributed by atoms with Crippen LogP contribution >= 0.6 is 0 Å². The maximum atomic E-state index is 11.8. The van der Waals surface area contributed by atoms with E-state index in [2.05, 4.69) is 46.6 Å². The Morgan fingerprint density at radius 2 is 1.95 bits per heavy atom. The molecule has 1 heterocycles. The Labute approximate surface area is 131 Å². The van der Waals surface area contributed by atoms with Gasteiger partial charge >= 0.3 is 0 Å². The molecule has 1 atom stereocenters. The summed E-state index contributed by atoms with van der Waals surface area (Å²) in [4.78, 5) is 20.3. The number of amides is 1. The SMILES string of the molecule is CCCCNC(=O)c1cnc(NC(C)c2ccccc2)cn1. The van der Waals surface area contributed by atoms with Crippen molar-refractivity contribution in [3.8, 4) is 0 Å². The number of rotatable bonds is 7. The zero-order valence-corrected chi connectivity index (χ0v) is 13.0. The van der Waals surface area contributed by atoms with Crippen molar-refractivity contribution < 1.29 is 4.79 Å². The molecule has 1 aromatic heterocycles. The summed E-state index contributed by atoms with van der Waals surface area (Å²) in [5.74, 6) is 0.477. The van der Waals surface area contributed by atoms with E-state index < -0.39 is 0 Å². The molecular formula is C17H22N4O. The van der Waals surface area contributed by atoms with E-state index in [1.54, 1.807) is 6.20 Å². The number of carbonyl (C=O) groups excluding carboxylic acids is 1. The van der Waals surface area contributed by atoms with Crippen LogP contribution in [0.1, 0.15) is 48.8 Å². The Kier molecular flexibility index (Phi) is 5.89. The monoisotopic (exact) mass is 298 g/mol. The summed E-state index contributed by atoms with van der Waals surface area (Å²) in [5.41, 5.74) is 1.51. The normalized spacial score (nSPS) is 11.7. The fourth-order valence-corrected chi connectivity index (χ4v) is 2.04. The van der Waals surface area contributed by atoms with Crippen LogP contribution in [0.2, 0.25) is 0 Å². The maximum absolute atomic E-state index is 11.8. The fraction of sp³-hybridized carbons (Fsp3) is 0.353. The van der Waals surface area contributed by atoms with Gasteiger partial charge in [0, 0.05) is 12.6 Å². The number of aromatic nitrogens is 2. The molecule has 116 valence electrons. The molecule has 2 N–H and O–H groups in total. The molecule has 2 aromatic rings. The van der Waals surface area contributed by atoms with Crippen LogP contribution in [-0.4, -0.2) is 22.4 Å². The molecule has 0 fully saturated rings. The minimum atomic E-state index is -0.177. The van der Waals surface area contributed by atoms with Crippen LogP contribution in [0.3, 0.4) is 0 Å². The molecule has 5 nitrogen and oxygen atoms in total. The highest BCUT2D eigenvalue weighted by Crippen LogP contribution is 2.16. The third kappa shape index (κ3) is 4.55. The average Bonchev–Trinajstić information content (AvgIpc) is 2.56. The van der Waals surface area contributed by atoms with Crippen molar-refractivity contribution >= 4 is 11.7 Å². The largest absolute Gasteiger partial charge is 0.362 e. The van der Waals surface area contributed by atoms with E-state index in [1.165, 1.54) is 11.8 Å². The first kappa shape index (κ1) is 15.9. The first-order valence-corrected chi connectivity index (χ1v) is 7.62. The van der Waals surface area contributed by atoms with Crippen molar-refractivity contribution in [2.75, 3.05) is 11.9 Å². The van der Waals surface area contributed by atoms with Crippen molar-refractivity contribution in [1.82, 2.24) is 15.3 Å². The van der Waals surface area contributed by atoms with Gasteiger partial charge in [-0.25, -0.2) is 9.97 Å². The average molecular weight is 298 g/mol. The van der Waals surface area contributed by atoms with E-state index in [1.807, 2.05) is 18.2 Å². The molecule has 5 heteroatoms. The van der Waals surface area contributed by atoms with E-state index in [0.717, 1.165) is 12.8 Å². The van der Waals surface area contributed by atoms with Crippen LogP contribution in [0.15, 0.2) is 42.7 Å². The fourth-order valence-electron chi connectivity index (χ4n) is 2.04. The Morgan fingerprint density at radius 3 is 2.59 bits per heavy atom. The first-order valence-electron chi connectivity index (χ1n) is 7.62. The number of hydrogen-bond donors (Lipinski definition) is 2. The molecule has 1 amide bonds. The predicted molar refractivity (Wildman–Crippen MR) is 87.8 cm³/mol. The second-order valence-electron chi connectivity index (χ2n) is 5.17. The molecular weight excluding hydrogens is 276 g/mol. The van der Waals surface area contributed by atoms with Crippen molar-refractivity contribution in [1.29, 1.82) is 0 Å². The van der Waals surface area contributed by atoms with Crippen LogP contribution in [0, 0.1) is 0 Å². The quantitative estimate of drug-likeness (QED) is 0.770. The van der Waals surface area contributed by atoms with Crippen molar-refractivity contribution in [2.45, 2.75) is 32.7 Å². The van der Waals surface area contributed by atoms with Crippen LogP contribution in [0.25, 0.3) is 0 Å². The summed E-state index contributed by atoms with van der Waals surface area (Å²) < 4.78 is 0. The van der Waals surface area contributed by atoms with Gasteiger partial charge in [0.25, 0.3) is 5.91 Å². The van der Waals surface area contributed by atoms with Gasteiger partial charge in [0.1, 0.15) is 11.5 Å². The third-order valence-electron chi connectivity index (χ3n) is 3.36. The second kappa shape index (κ2) is 8.12. The Bertz CT molecular complexity index is 583. The molecule has 1 unspecified atom stereocenters. The summed E-state index contributed by atoms with van der Waals surface area (Å²) in [6.45, 7) is 4.81. The highest BCUT2D eigenvalue weighted by Gasteiger charge is 2.09. The van der Waals surface area contributed by atoms with Gasteiger partial charge in [-0.15, -0.1) is 0 Å². The number of unbranched alkanes of at least 4 members (excludes halogenated alkanes) is 1. The lowest BCUT2D eigenvalue weighted by atomic mass is 10.1. The molecule has 0 saturated carbocycles. The summed E-state index contributed by atoms with van der Waals surface area (Å²) in [5, 5.41) is 6.10. The van der Waals surface area contributed by atoms with Gasteiger partial charge in [-0.05, 0) is 18.9 Å². The lowest BCUT2D eigenvalue weighted by Gasteiger charge is -2.14. The summed E-state index contributed by atoms with van der Waals surface area (Å²) in [7, 11) is 0. The number of hydrogen-bond acceptors (Lipinski definition) is 4. The number of benzene rings is 1. The summed E-state index contributed by atoms with van der Waals surface area (Å²) in [6, 6.07) is 10.2. The minimum absolute atomic E-state index is 0.125.